The Morgan fingerprint density at radius 1 is 1.61 bits per heavy atom. The number of hydrogen-bond acceptors (Lipinski definition) is 5. The van der Waals surface area contributed by atoms with E-state index in [-0.39, 0.29) is 18.3 Å². The van der Waals surface area contributed by atoms with E-state index < -0.39 is 12.0 Å². The lowest BCUT2D eigenvalue weighted by atomic mass is 10.2. The third-order valence-electron chi connectivity index (χ3n) is 2.57. The molecule has 18 heavy (non-hydrogen) atoms. The van der Waals surface area contributed by atoms with Crippen LogP contribution >= 0.6 is 23.1 Å². The number of ether oxygens (including phenoxy) is 1. The molecule has 1 aromatic heterocycles. The first-order valence-electron chi connectivity index (χ1n) is 5.45. The molecule has 0 saturated carbocycles. The number of hydrogen-bond donors (Lipinski definition) is 1. The predicted octanol–water partition coefficient (Wildman–Crippen LogP) is 1.15. The van der Waals surface area contributed by atoms with Gasteiger partial charge in [0.25, 0.3) is 0 Å². The maximum atomic E-state index is 12.0. The van der Waals surface area contributed by atoms with E-state index in [4.69, 9.17) is 9.84 Å². The average Bonchev–Trinajstić information content (AvgIpc) is 2.89. The lowest BCUT2D eigenvalue weighted by Gasteiger charge is -2.32. The molecule has 2 rings (SSSR count). The Labute approximate surface area is 113 Å². The van der Waals surface area contributed by atoms with E-state index in [1.165, 1.54) is 16.7 Å². The van der Waals surface area contributed by atoms with Crippen molar-refractivity contribution in [3.8, 4) is 0 Å². The van der Waals surface area contributed by atoms with Crippen LogP contribution in [0.5, 0.6) is 0 Å². The molecule has 0 spiro atoms. The number of morpholine rings is 1. The van der Waals surface area contributed by atoms with Gasteiger partial charge >= 0.3 is 5.97 Å². The first kappa shape index (κ1) is 13.4. The summed E-state index contributed by atoms with van der Waals surface area (Å²) in [5.41, 5.74) is 0. The fourth-order valence-electron chi connectivity index (χ4n) is 1.67. The molecule has 1 unspecified atom stereocenters. The molecule has 0 aliphatic carbocycles. The van der Waals surface area contributed by atoms with Crippen LogP contribution in [0.4, 0.5) is 0 Å². The molecule has 1 aromatic rings. The molecule has 0 bridgehead atoms. The monoisotopic (exact) mass is 287 g/mol. The van der Waals surface area contributed by atoms with Crippen LogP contribution in [0, 0.1) is 0 Å². The van der Waals surface area contributed by atoms with Crippen LogP contribution < -0.4 is 0 Å². The molecule has 1 aliphatic rings. The fraction of sp³-hybridized carbons (Fsp3) is 0.455. The van der Waals surface area contributed by atoms with Crippen molar-refractivity contribution in [2.75, 3.05) is 25.5 Å². The van der Waals surface area contributed by atoms with Crippen molar-refractivity contribution in [3.63, 3.8) is 0 Å². The topological polar surface area (TPSA) is 66.8 Å². The summed E-state index contributed by atoms with van der Waals surface area (Å²) in [5, 5.41) is 11.0. The molecule has 7 heteroatoms. The molecule has 1 amide bonds. The van der Waals surface area contributed by atoms with Gasteiger partial charge in [0, 0.05) is 6.54 Å². The average molecular weight is 287 g/mol. The minimum absolute atomic E-state index is 0.0741. The number of amides is 1. The summed E-state index contributed by atoms with van der Waals surface area (Å²) < 4.78 is 6.15. The Hall–Kier alpha value is -1.05. The molecular weight excluding hydrogens is 274 g/mol. The number of carbonyl (C=O) groups excluding carboxylic acids is 1. The van der Waals surface area contributed by atoms with Crippen molar-refractivity contribution >= 4 is 35.0 Å². The Bertz CT molecular complexity index is 421. The number of rotatable bonds is 4. The third kappa shape index (κ3) is 3.24. The highest BCUT2D eigenvalue weighted by atomic mass is 32.2. The van der Waals surface area contributed by atoms with Gasteiger partial charge in [0.2, 0.25) is 5.91 Å². The molecule has 5 nitrogen and oxygen atoms in total. The van der Waals surface area contributed by atoms with E-state index in [0.29, 0.717) is 13.2 Å². The van der Waals surface area contributed by atoms with E-state index in [1.807, 2.05) is 17.5 Å². The number of carbonyl (C=O) groups is 2. The Balaban J connectivity index is 1.92. The highest BCUT2D eigenvalue weighted by Gasteiger charge is 2.32. The SMILES string of the molecule is O=C(O)C1COCCN1C(=O)CSc1cccs1. The first-order chi connectivity index (χ1) is 8.68. The smallest absolute Gasteiger partial charge is 0.328 e. The summed E-state index contributed by atoms with van der Waals surface area (Å²) in [6.45, 7) is 0.824. The van der Waals surface area contributed by atoms with Gasteiger partial charge in [-0.25, -0.2) is 4.79 Å². The van der Waals surface area contributed by atoms with Crippen molar-refractivity contribution in [2.45, 2.75) is 10.3 Å². The van der Waals surface area contributed by atoms with Gasteiger partial charge in [0.1, 0.15) is 0 Å². The van der Waals surface area contributed by atoms with Crippen molar-refractivity contribution in [1.82, 2.24) is 4.90 Å². The molecular formula is C11H13NO4S2. The molecule has 1 saturated heterocycles. The van der Waals surface area contributed by atoms with Gasteiger partial charge < -0.3 is 14.7 Å². The van der Waals surface area contributed by atoms with Crippen LogP contribution in [0.1, 0.15) is 0 Å². The number of nitrogens with zero attached hydrogens (tertiary/aromatic N) is 1. The van der Waals surface area contributed by atoms with Crippen molar-refractivity contribution < 1.29 is 19.4 Å². The minimum atomic E-state index is -1.01. The molecule has 1 aliphatic heterocycles. The maximum Gasteiger partial charge on any atom is 0.328 e. The van der Waals surface area contributed by atoms with Crippen LogP contribution in [-0.4, -0.2) is 53.4 Å². The number of thioether (sulfide) groups is 1. The molecule has 1 fully saturated rings. The Morgan fingerprint density at radius 3 is 3.11 bits per heavy atom. The molecule has 0 aromatic carbocycles. The second-order valence-electron chi connectivity index (χ2n) is 3.74. The van der Waals surface area contributed by atoms with Gasteiger partial charge in [0.15, 0.2) is 6.04 Å². The van der Waals surface area contributed by atoms with Gasteiger partial charge in [-0.2, -0.15) is 0 Å². The molecule has 0 radical (unpaired) electrons. The number of thiophene rings is 1. The van der Waals surface area contributed by atoms with Gasteiger partial charge in [0.05, 0.1) is 23.2 Å². The van der Waals surface area contributed by atoms with E-state index in [2.05, 4.69) is 0 Å². The van der Waals surface area contributed by atoms with Gasteiger partial charge in [-0.15, -0.1) is 23.1 Å². The molecule has 2 heterocycles. The minimum Gasteiger partial charge on any atom is -0.480 e. The highest BCUT2D eigenvalue weighted by molar-refractivity contribution is 8.01. The third-order valence-corrected chi connectivity index (χ3v) is 4.68. The van der Waals surface area contributed by atoms with Crippen LogP contribution in [0.3, 0.4) is 0 Å². The highest BCUT2D eigenvalue weighted by Crippen LogP contribution is 2.24. The zero-order valence-corrected chi connectivity index (χ0v) is 11.2. The Morgan fingerprint density at radius 2 is 2.44 bits per heavy atom. The standard InChI is InChI=1S/C11H13NO4S2/c13-9(7-18-10-2-1-5-17-10)12-3-4-16-6-8(12)11(14)15/h1-2,5,8H,3-4,6-7H2,(H,14,15). The zero-order valence-electron chi connectivity index (χ0n) is 9.57. The lowest BCUT2D eigenvalue weighted by molar-refractivity contribution is -0.157. The van der Waals surface area contributed by atoms with Gasteiger partial charge in [-0.3, -0.25) is 4.79 Å². The van der Waals surface area contributed by atoms with Crippen LogP contribution in [0.25, 0.3) is 0 Å². The second kappa shape index (κ2) is 6.21. The Kier molecular flexibility index (Phi) is 4.62. The first-order valence-corrected chi connectivity index (χ1v) is 7.31. The summed E-state index contributed by atoms with van der Waals surface area (Å²) in [6, 6.07) is 3.01. The molecule has 1 atom stereocenters. The van der Waals surface area contributed by atoms with Crippen LogP contribution in [0.2, 0.25) is 0 Å². The quantitative estimate of drug-likeness (QED) is 0.842. The van der Waals surface area contributed by atoms with Crippen LogP contribution in [0.15, 0.2) is 21.7 Å². The van der Waals surface area contributed by atoms with Gasteiger partial charge in [-0.05, 0) is 11.4 Å². The summed E-state index contributed by atoms with van der Waals surface area (Å²) in [4.78, 5) is 24.4. The molecule has 98 valence electrons. The summed E-state index contributed by atoms with van der Waals surface area (Å²) in [7, 11) is 0. The second-order valence-corrected chi connectivity index (χ2v) is 5.96. The summed E-state index contributed by atoms with van der Waals surface area (Å²) >= 11 is 3.01. The number of aliphatic carboxylic acids is 1. The van der Waals surface area contributed by atoms with E-state index in [9.17, 15) is 9.59 Å². The van der Waals surface area contributed by atoms with Crippen LogP contribution in [-0.2, 0) is 14.3 Å². The van der Waals surface area contributed by atoms with Crippen molar-refractivity contribution in [3.05, 3.63) is 17.5 Å². The summed E-state index contributed by atoms with van der Waals surface area (Å²) in [6.07, 6.45) is 0. The van der Waals surface area contributed by atoms with Crippen molar-refractivity contribution in [2.24, 2.45) is 0 Å². The predicted molar refractivity (Wildman–Crippen MR) is 69.0 cm³/mol. The van der Waals surface area contributed by atoms with E-state index >= 15 is 0 Å². The van der Waals surface area contributed by atoms with E-state index in [0.717, 1.165) is 4.21 Å². The largest absolute Gasteiger partial charge is 0.480 e. The maximum absolute atomic E-state index is 12.0. The number of carboxylic acids is 1. The summed E-state index contributed by atoms with van der Waals surface area (Å²) in [5.74, 6) is -0.891. The lowest BCUT2D eigenvalue weighted by Crippen LogP contribution is -2.53. The normalized spacial score (nSPS) is 19.8. The zero-order chi connectivity index (χ0) is 13.0. The van der Waals surface area contributed by atoms with Gasteiger partial charge in [-0.1, -0.05) is 6.07 Å². The van der Waals surface area contributed by atoms with E-state index in [1.54, 1.807) is 11.3 Å². The fourth-order valence-corrected chi connectivity index (χ4v) is 3.34. The molecule has 1 N–H and O–H groups in total. The van der Waals surface area contributed by atoms with Crippen molar-refractivity contribution in [1.29, 1.82) is 0 Å². The number of carboxylic acid groups (broad SMARTS) is 1.